The van der Waals surface area contributed by atoms with Gasteiger partial charge in [-0.1, -0.05) is 13.8 Å². The van der Waals surface area contributed by atoms with Crippen molar-refractivity contribution in [1.82, 2.24) is 10.2 Å². The highest BCUT2D eigenvalue weighted by Crippen LogP contribution is 2.20. The number of likely N-dealkylation sites (tertiary alicyclic amines) is 1. The number of hydrogen-bond acceptors (Lipinski definition) is 3. The zero-order chi connectivity index (χ0) is 15.3. The summed E-state index contributed by atoms with van der Waals surface area (Å²) in [6, 6.07) is 0.322. The van der Waals surface area contributed by atoms with Gasteiger partial charge in [0.25, 0.3) is 0 Å². The minimum absolute atomic E-state index is 0.0318. The maximum Gasteiger partial charge on any atom is 0.224 e. The number of carbonyl (C=O) groups excluding carboxylic acids is 1. The zero-order valence-electron chi connectivity index (χ0n) is 13.9. The molecule has 1 heterocycles. The lowest BCUT2D eigenvalue weighted by molar-refractivity contribution is -0.126. The maximum atomic E-state index is 12.3. The van der Waals surface area contributed by atoms with E-state index in [1.165, 1.54) is 0 Å². The van der Waals surface area contributed by atoms with Crippen LogP contribution in [0.5, 0.6) is 0 Å². The Balaban J connectivity index is 2.41. The first-order valence-electron chi connectivity index (χ1n) is 7.99. The highest BCUT2D eigenvalue weighted by atomic mass is 16.1. The number of nitrogens with one attached hydrogen (secondary N) is 1. The van der Waals surface area contributed by atoms with Crippen molar-refractivity contribution in [2.24, 2.45) is 17.6 Å². The fraction of sp³-hybridized carbons (Fsp3) is 0.938. The molecule has 1 rings (SSSR count). The lowest BCUT2D eigenvalue weighted by Crippen LogP contribution is -2.52. The molecule has 1 aliphatic heterocycles. The Morgan fingerprint density at radius 3 is 2.25 bits per heavy atom. The number of carbonyl (C=O) groups is 1. The van der Waals surface area contributed by atoms with Gasteiger partial charge in [0.1, 0.15) is 0 Å². The number of rotatable bonds is 5. The lowest BCUT2D eigenvalue weighted by atomic mass is 9.94. The SMILES string of the molecule is CC(C)CC(CN)C(=O)NC1CCN(C(C)(C)C)CC1. The zero-order valence-corrected chi connectivity index (χ0v) is 13.9. The Bertz CT molecular complexity index is 301. The molecule has 1 amide bonds. The topological polar surface area (TPSA) is 58.4 Å². The van der Waals surface area contributed by atoms with Crippen molar-refractivity contribution >= 4 is 5.91 Å². The van der Waals surface area contributed by atoms with Gasteiger partial charge in [-0.3, -0.25) is 9.69 Å². The molecule has 4 nitrogen and oxygen atoms in total. The molecule has 0 radical (unpaired) electrons. The van der Waals surface area contributed by atoms with Crippen molar-refractivity contribution in [1.29, 1.82) is 0 Å². The smallest absolute Gasteiger partial charge is 0.224 e. The molecule has 1 aliphatic rings. The number of piperidine rings is 1. The molecule has 20 heavy (non-hydrogen) atoms. The Morgan fingerprint density at radius 2 is 1.85 bits per heavy atom. The van der Waals surface area contributed by atoms with E-state index in [2.05, 4.69) is 44.8 Å². The molecule has 118 valence electrons. The number of hydrogen-bond donors (Lipinski definition) is 2. The Kier molecular flexibility index (Phi) is 6.46. The van der Waals surface area contributed by atoms with E-state index in [0.29, 0.717) is 18.5 Å². The number of amides is 1. The lowest BCUT2D eigenvalue weighted by Gasteiger charge is -2.41. The first kappa shape index (κ1) is 17.4. The molecule has 1 fully saturated rings. The summed E-state index contributed by atoms with van der Waals surface area (Å²) in [5, 5.41) is 3.20. The third kappa shape index (κ3) is 5.41. The van der Waals surface area contributed by atoms with Crippen LogP contribution < -0.4 is 11.1 Å². The van der Waals surface area contributed by atoms with Crippen LogP contribution in [0.4, 0.5) is 0 Å². The summed E-state index contributed by atoms with van der Waals surface area (Å²) in [5.74, 6) is 0.628. The fourth-order valence-corrected chi connectivity index (χ4v) is 2.89. The van der Waals surface area contributed by atoms with Gasteiger partial charge in [-0.15, -0.1) is 0 Å². The van der Waals surface area contributed by atoms with Gasteiger partial charge in [0.2, 0.25) is 5.91 Å². The van der Waals surface area contributed by atoms with Gasteiger partial charge < -0.3 is 11.1 Å². The van der Waals surface area contributed by atoms with Crippen molar-refractivity contribution in [2.45, 2.75) is 65.5 Å². The van der Waals surface area contributed by atoms with E-state index in [4.69, 9.17) is 5.73 Å². The molecule has 4 heteroatoms. The third-order valence-electron chi connectivity index (χ3n) is 4.20. The van der Waals surface area contributed by atoms with Gasteiger partial charge in [0.15, 0.2) is 0 Å². The average Bonchev–Trinajstić information content (AvgIpc) is 2.35. The summed E-state index contributed by atoms with van der Waals surface area (Å²) < 4.78 is 0. The second-order valence-electron chi connectivity index (χ2n) is 7.50. The first-order valence-corrected chi connectivity index (χ1v) is 7.99. The van der Waals surface area contributed by atoms with Crippen LogP contribution in [0.1, 0.15) is 53.9 Å². The van der Waals surface area contributed by atoms with Gasteiger partial charge in [-0.2, -0.15) is 0 Å². The standard InChI is InChI=1S/C16H33N3O/c1-12(2)10-13(11-17)15(20)18-14-6-8-19(9-7-14)16(3,4)5/h12-14H,6-11,17H2,1-5H3,(H,18,20). The van der Waals surface area contributed by atoms with Gasteiger partial charge in [0, 0.05) is 31.2 Å². The minimum Gasteiger partial charge on any atom is -0.353 e. The van der Waals surface area contributed by atoms with Gasteiger partial charge in [0.05, 0.1) is 5.92 Å². The molecular formula is C16H33N3O. The molecule has 0 aromatic rings. The summed E-state index contributed by atoms with van der Waals surface area (Å²) in [5.41, 5.74) is 5.97. The van der Waals surface area contributed by atoms with E-state index >= 15 is 0 Å². The summed E-state index contributed by atoms with van der Waals surface area (Å²) in [4.78, 5) is 14.7. The summed E-state index contributed by atoms with van der Waals surface area (Å²) in [7, 11) is 0. The van der Waals surface area contributed by atoms with E-state index in [1.807, 2.05) is 0 Å². The quantitative estimate of drug-likeness (QED) is 0.811. The summed E-state index contributed by atoms with van der Waals surface area (Å²) in [6.45, 7) is 13.6. The molecule has 1 saturated heterocycles. The van der Waals surface area contributed by atoms with E-state index in [-0.39, 0.29) is 17.4 Å². The van der Waals surface area contributed by atoms with E-state index in [0.717, 1.165) is 32.4 Å². The highest BCUT2D eigenvalue weighted by Gasteiger charge is 2.28. The fourth-order valence-electron chi connectivity index (χ4n) is 2.89. The molecule has 1 atom stereocenters. The van der Waals surface area contributed by atoms with Crippen molar-refractivity contribution in [2.75, 3.05) is 19.6 Å². The van der Waals surface area contributed by atoms with Crippen molar-refractivity contribution < 1.29 is 4.79 Å². The van der Waals surface area contributed by atoms with Crippen LogP contribution in [0.3, 0.4) is 0 Å². The highest BCUT2D eigenvalue weighted by molar-refractivity contribution is 5.79. The molecule has 0 saturated carbocycles. The van der Waals surface area contributed by atoms with Crippen molar-refractivity contribution in [3.63, 3.8) is 0 Å². The van der Waals surface area contributed by atoms with Gasteiger partial charge >= 0.3 is 0 Å². The molecule has 0 aromatic heterocycles. The average molecular weight is 283 g/mol. The van der Waals surface area contributed by atoms with Crippen molar-refractivity contribution in [3.8, 4) is 0 Å². The maximum absolute atomic E-state index is 12.3. The van der Waals surface area contributed by atoms with Crippen LogP contribution in [0.15, 0.2) is 0 Å². The Hall–Kier alpha value is -0.610. The molecule has 0 aromatic carbocycles. The van der Waals surface area contributed by atoms with E-state index < -0.39 is 0 Å². The van der Waals surface area contributed by atoms with Crippen LogP contribution in [0.2, 0.25) is 0 Å². The molecule has 3 N–H and O–H groups in total. The molecule has 1 unspecified atom stereocenters. The largest absolute Gasteiger partial charge is 0.353 e. The van der Waals surface area contributed by atoms with Gasteiger partial charge in [-0.25, -0.2) is 0 Å². The monoisotopic (exact) mass is 283 g/mol. The van der Waals surface area contributed by atoms with Crippen LogP contribution in [-0.4, -0.2) is 42.0 Å². The van der Waals surface area contributed by atoms with Crippen LogP contribution in [0, 0.1) is 11.8 Å². The molecule has 0 aliphatic carbocycles. The van der Waals surface area contributed by atoms with E-state index in [9.17, 15) is 4.79 Å². The summed E-state index contributed by atoms with van der Waals surface area (Å²) >= 11 is 0. The molecule has 0 spiro atoms. The minimum atomic E-state index is -0.0318. The van der Waals surface area contributed by atoms with E-state index in [1.54, 1.807) is 0 Å². The number of nitrogens with zero attached hydrogens (tertiary/aromatic N) is 1. The third-order valence-corrected chi connectivity index (χ3v) is 4.20. The summed E-state index contributed by atoms with van der Waals surface area (Å²) in [6.07, 6.45) is 2.97. The molecular weight excluding hydrogens is 250 g/mol. The van der Waals surface area contributed by atoms with Crippen LogP contribution >= 0.6 is 0 Å². The normalized spacial score (nSPS) is 20.1. The van der Waals surface area contributed by atoms with Crippen LogP contribution in [0.25, 0.3) is 0 Å². The second-order valence-corrected chi connectivity index (χ2v) is 7.50. The first-order chi connectivity index (χ1) is 9.24. The Labute approximate surface area is 124 Å². The number of nitrogens with two attached hydrogens (primary N) is 1. The predicted molar refractivity (Wildman–Crippen MR) is 84.5 cm³/mol. The van der Waals surface area contributed by atoms with Crippen LogP contribution in [-0.2, 0) is 4.79 Å². The van der Waals surface area contributed by atoms with Gasteiger partial charge in [-0.05, 0) is 46.0 Å². The molecule has 0 bridgehead atoms. The second kappa shape index (κ2) is 7.41. The Morgan fingerprint density at radius 1 is 1.30 bits per heavy atom. The predicted octanol–water partition coefficient (Wildman–Crippen LogP) is 1.99. The van der Waals surface area contributed by atoms with Crippen molar-refractivity contribution in [3.05, 3.63) is 0 Å².